The number of hydrogen-bond acceptors (Lipinski definition) is 3. The number of nitrogens with one attached hydrogen (secondary N) is 1. The highest BCUT2D eigenvalue weighted by Crippen LogP contribution is 2.32. The quantitative estimate of drug-likeness (QED) is 0.681. The van der Waals surface area contributed by atoms with E-state index in [0.717, 1.165) is 12.3 Å². The van der Waals surface area contributed by atoms with E-state index in [9.17, 15) is 4.79 Å². The molecule has 1 saturated heterocycles. The Labute approximate surface area is 85.2 Å². The van der Waals surface area contributed by atoms with Gasteiger partial charge in [0.2, 0.25) is 0 Å². The molecule has 3 nitrogen and oxygen atoms in total. The van der Waals surface area contributed by atoms with Gasteiger partial charge in [-0.15, -0.1) is 0 Å². The Kier molecular flexibility index (Phi) is 3.06. The van der Waals surface area contributed by atoms with Crippen LogP contribution >= 0.6 is 0 Å². The summed E-state index contributed by atoms with van der Waals surface area (Å²) in [6, 6.07) is 0.538. The first-order valence-electron chi connectivity index (χ1n) is 5.72. The molecule has 0 spiro atoms. The van der Waals surface area contributed by atoms with E-state index in [0.29, 0.717) is 12.6 Å². The highest BCUT2D eigenvalue weighted by molar-refractivity contribution is 5.76. The van der Waals surface area contributed by atoms with Crippen molar-refractivity contribution in [2.75, 3.05) is 6.61 Å². The van der Waals surface area contributed by atoms with Gasteiger partial charge in [-0.05, 0) is 32.1 Å². The zero-order valence-electron chi connectivity index (χ0n) is 8.79. The molecule has 0 aromatic heterocycles. The van der Waals surface area contributed by atoms with E-state index in [1.54, 1.807) is 0 Å². The van der Waals surface area contributed by atoms with Crippen molar-refractivity contribution in [3.63, 3.8) is 0 Å². The predicted molar refractivity (Wildman–Crippen MR) is 53.9 cm³/mol. The Morgan fingerprint density at radius 3 is 3.00 bits per heavy atom. The second-order valence-corrected chi connectivity index (χ2v) is 4.44. The zero-order chi connectivity index (χ0) is 9.97. The van der Waals surface area contributed by atoms with Crippen molar-refractivity contribution >= 4 is 5.97 Å². The van der Waals surface area contributed by atoms with Crippen LogP contribution in [0.15, 0.2) is 0 Å². The summed E-state index contributed by atoms with van der Waals surface area (Å²) in [6.45, 7) is 2.36. The first kappa shape index (κ1) is 9.97. The fourth-order valence-electron chi connectivity index (χ4n) is 2.75. The van der Waals surface area contributed by atoms with Crippen molar-refractivity contribution < 1.29 is 9.53 Å². The van der Waals surface area contributed by atoms with E-state index in [-0.39, 0.29) is 12.0 Å². The van der Waals surface area contributed by atoms with Gasteiger partial charge in [0.25, 0.3) is 0 Å². The van der Waals surface area contributed by atoms with Crippen LogP contribution in [0, 0.1) is 5.92 Å². The second-order valence-electron chi connectivity index (χ2n) is 4.44. The summed E-state index contributed by atoms with van der Waals surface area (Å²) < 4.78 is 5.05. The molecule has 1 aliphatic heterocycles. The minimum Gasteiger partial charge on any atom is -0.465 e. The highest BCUT2D eigenvalue weighted by atomic mass is 16.5. The number of carbonyl (C=O) groups is 1. The molecule has 2 rings (SSSR count). The molecule has 3 atom stereocenters. The molecule has 80 valence electrons. The summed E-state index contributed by atoms with van der Waals surface area (Å²) >= 11 is 0. The molecule has 3 heteroatoms. The third-order valence-electron chi connectivity index (χ3n) is 3.36. The molecular formula is C11H19NO2. The molecule has 0 aromatic carbocycles. The molecular weight excluding hydrogens is 178 g/mol. The van der Waals surface area contributed by atoms with Crippen LogP contribution in [0.5, 0.6) is 0 Å². The third kappa shape index (κ3) is 2.08. The van der Waals surface area contributed by atoms with Gasteiger partial charge >= 0.3 is 5.97 Å². The maximum Gasteiger partial charge on any atom is 0.323 e. The van der Waals surface area contributed by atoms with Crippen LogP contribution in [0.2, 0.25) is 0 Å². The molecule has 1 saturated carbocycles. The molecule has 1 N–H and O–H groups in total. The van der Waals surface area contributed by atoms with E-state index in [1.807, 2.05) is 6.92 Å². The summed E-state index contributed by atoms with van der Waals surface area (Å²) in [5, 5.41) is 3.39. The lowest BCUT2D eigenvalue weighted by Gasteiger charge is -2.39. The zero-order valence-corrected chi connectivity index (χ0v) is 8.79. The van der Waals surface area contributed by atoms with Crippen LogP contribution in [-0.4, -0.2) is 24.7 Å². The summed E-state index contributed by atoms with van der Waals surface area (Å²) in [5.74, 6) is 0.702. The van der Waals surface area contributed by atoms with Crippen molar-refractivity contribution in [1.82, 2.24) is 5.32 Å². The van der Waals surface area contributed by atoms with Gasteiger partial charge in [-0.1, -0.05) is 12.8 Å². The van der Waals surface area contributed by atoms with Crippen molar-refractivity contribution in [1.29, 1.82) is 0 Å². The first-order chi connectivity index (χ1) is 6.79. The van der Waals surface area contributed by atoms with Crippen LogP contribution in [0.25, 0.3) is 0 Å². The molecule has 1 unspecified atom stereocenters. The number of fused-ring (bicyclic) bond motifs is 2. The minimum absolute atomic E-state index is 0.0287. The fourth-order valence-corrected chi connectivity index (χ4v) is 2.75. The normalized spacial score (nSPS) is 36.5. The summed E-state index contributed by atoms with van der Waals surface area (Å²) in [7, 11) is 0. The maximum absolute atomic E-state index is 11.5. The number of piperidine rings is 1. The molecule has 1 heterocycles. The molecule has 2 bridgehead atoms. The van der Waals surface area contributed by atoms with Gasteiger partial charge in [0.15, 0.2) is 0 Å². The monoisotopic (exact) mass is 197 g/mol. The van der Waals surface area contributed by atoms with Crippen LogP contribution in [0.1, 0.15) is 39.0 Å². The van der Waals surface area contributed by atoms with Gasteiger partial charge in [-0.25, -0.2) is 0 Å². The molecule has 0 aromatic rings. The molecule has 2 aliphatic rings. The number of rotatable bonds is 2. The Bertz CT molecular complexity index is 205. The molecule has 2 fully saturated rings. The lowest BCUT2D eigenvalue weighted by Crippen LogP contribution is -2.51. The average Bonchev–Trinajstić information content (AvgIpc) is 2.17. The van der Waals surface area contributed by atoms with Crippen LogP contribution in [0.3, 0.4) is 0 Å². The summed E-state index contributed by atoms with van der Waals surface area (Å²) in [5.41, 5.74) is 0. The van der Waals surface area contributed by atoms with Gasteiger partial charge in [-0.3, -0.25) is 4.79 Å². The Balaban J connectivity index is 1.91. The number of esters is 1. The van der Waals surface area contributed by atoms with Gasteiger partial charge in [0.05, 0.1) is 6.61 Å². The van der Waals surface area contributed by atoms with Gasteiger partial charge in [-0.2, -0.15) is 0 Å². The van der Waals surface area contributed by atoms with E-state index in [4.69, 9.17) is 4.74 Å². The number of carbonyl (C=O) groups excluding carboxylic acids is 1. The molecule has 0 amide bonds. The summed E-state index contributed by atoms with van der Waals surface area (Å²) in [6.07, 6.45) is 6.09. The van der Waals surface area contributed by atoms with Crippen molar-refractivity contribution in [2.45, 2.75) is 51.1 Å². The number of hydrogen-bond donors (Lipinski definition) is 1. The Hall–Kier alpha value is -0.570. The lowest BCUT2D eigenvalue weighted by atomic mass is 9.78. The average molecular weight is 197 g/mol. The van der Waals surface area contributed by atoms with Crippen molar-refractivity contribution in [3.05, 3.63) is 0 Å². The standard InChI is InChI=1S/C11H19NO2/c1-2-14-11(13)10-7-8-4-3-5-9(6-8)12-10/h8-10,12H,2-7H2,1H3/t8-,9+,10?/m0/s1. The van der Waals surface area contributed by atoms with E-state index in [1.165, 1.54) is 25.7 Å². The van der Waals surface area contributed by atoms with E-state index < -0.39 is 0 Å². The Morgan fingerprint density at radius 2 is 2.29 bits per heavy atom. The van der Waals surface area contributed by atoms with E-state index >= 15 is 0 Å². The van der Waals surface area contributed by atoms with Gasteiger partial charge in [0.1, 0.15) is 6.04 Å². The van der Waals surface area contributed by atoms with Gasteiger partial charge in [0, 0.05) is 6.04 Å². The second kappa shape index (κ2) is 4.30. The SMILES string of the molecule is CCOC(=O)C1C[C@H]2CCC[C@H](C2)N1. The van der Waals surface area contributed by atoms with Crippen molar-refractivity contribution in [2.24, 2.45) is 5.92 Å². The Morgan fingerprint density at radius 1 is 1.43 bits per heavy atom. The van der Waals surface area contributed by atoms with Crippen LogP contribution < -0.4 is 5.32 Å². The first-order valence-corrected chi connectivity index (χ1v) is 5.72. The maximum atomic E-state index is 11.5. The van der Waals surface area contributed by atoms with E-state index in [2.05, 4.69) is 5.32 Å². The fraction of sp³-hybridized carbons (Fsp3) is 0.909. The smallest absolute Gasteiger partial charge is 0.323 e. The predicted octanol–water partition coefficient (Wildman–Crippen LogP) is 1.47. The molecule has 0 radical (unpaired) electrons. The van der Waals surface area contributed by atoms with Crippen molar-refractivity contribution in [3.8, 4) is 0 Å². The lowest BCUT2D eigenvalue weighted by molar-refractivity contribution is -0.147. The van der Waals surface area contributed by atoms with Gasteiger partial charge < -0.3 is 10.1 Å². The highest BCUT2D eigenvalue weighted by Gasteiger charge is 2.34. The number of ether oxygens (including phenoxy) is 1. The topological polar surface area (TPSA) is 38.3 Å². The van der Waals surface area contributed by atoms with Crippen LogP contribution in [0.4, 0.5) is 0 Å². The van der Waals surface area contributed by atoms with Crippen LogP contribution in [-0.2, 0) is 9.53 Å². The molecule has 14 heavy (non-hydrogen) atoms. The summed E-state index contributed by atoms with van der Waals surface area (Å²) in [4.78, 5) is 11.5. The largest absolute Gasteiger partial charge is 0.465 e. The third-order valence-corrected chi connectivity index (χ3v) is 3.36. The molecule has 1 aliphatic carbocycles. The minimum atomic E-state index is -0.0518.